The maximum atomic E-state index is 5.87. The van der Waals surface area contributed by atoms with E-state index in [0.717, 1.165) is 17.8 Å². The van der Waals surface area contributed by atoms with E-state index < -0.39 is 0 Å². The highest BCUT2D eigenvalue weighted by Crippen LogP contribution is 2.12. The Balaban J connectivity index is 2.28. The molecule has 78 valence electrons. The van der Waals surface area contributed by atoms with Gasteiger partial charge in [0.2, 0.25) is 0 Å². The molecule has 1 heterocycles. The minimum absolute atomic E-state index is 0.0255. The Morgan fingerprint density at radius 2 is 2.07 bits per heavy atom. The van der Waals surface area contributed by atoms with E-state index in [1.807, 2.05) is 43.5 Å². The van der Waals surface area contributed by atoms with Crippen LogP contribution in [0.1, 0.15) is 25.1 Å². The van der Waals surface area contributed by atoms with Crippen LogP contribution in [-0.4, -0.2) is 15.0 Å². The highest BCUT2D eigenvalue weighted by atomic mass is 15.4. The Morgan fingerprint density at radius 1 is 1.33 bits per heavy atom. The molecule has 4 heteroatoms. The molecule has 0 fully saturated rings. The Bertz CT molecular complexity index is 421. The molecule has 15 heavy (non-hydrogen) atoms. The summed E-state index contributed by atoms with van der Waals surface area (Å²) in [5.41, 5.74) is 7.70. The molecule has 2 aromatic rings. The molecule has 4 nitrogen and oxygen atoms in total. The molecule has 1 aromatic carbocycles. The molecule has 0 spiro atoms. The van der Waals surface area contributed by atoms with E-state index >= 15 is 0 Å². The lowest BCUT2D eigenvalue weighted by Gasteiger charge is -2.01. The Hall–Kier alpha value is -1.68. The molecule has 0 amide bonds. The second-order valence-corrected chi connectivity index (χ2v) is 3.44. The van der Waals surface area contributed by atoms with Gasteiger partial charge in [0.25, 0.3) is 0 Å². The second kappa shape index (κ2) is 4.23. The van der Waals surface area contributed by atoms with Crippen molar-refractivity contribution in [1.82, 2.24) is 15.0 Å². The van der Waals surface area contributed by atoms with Crippen LogP contribution in [0.4, 0.5) is 0 Å². The third kappa shape index (κ3) is 2.05. The summed E-state index contributed by atoms with van der Waals surface area (Å²) in [4.78, 5) is 0. The quantitative estimate of drug-likeness (QED) is 0.823. The summed E-state index contributed by atoms with van der Waals surface area (Å²) >= 11 is 0. The number of aromatic nitrogens is 3. The number of benzene rings is 1. The van der Waals surface area contributed by atoms with Crippen molar-refractivity contribution in [3.63, 3.8) is 0 Å². The molecule has 0 aliphatic carbocycles. The van der Waals surface area contributed by atoms with Crippen molar-refractivity contribution in [2.75, 3.05) is 0 Å². The average Bonchev–Trinajstić information content (AvgIpc) is 2.78. The highest BCUT2D eigenvalue weighted by Gasteiger charge is 2.08. The number of para-hydroxylation sites is 1. The molecule has 0 saturated carbocycles. The molecule has 2 N–H and O–H groups in total. The van der Waals surface area contributed by atoms with Crippen molar-refractivity contribution >= 4 is 0 Å². The summed E-state index contributed by atoms with van der Waals surface area (Å²) in [5, 5.41) is 8.09. The van der Waals surface area contributed by atoms with Crippen LogP contribution < -0.4 is 5.73 Å². The van der Waals surface area contributed by atoms with E-state index in [9.17, 15) is 0 Å². The van der Waals surface area contributed by atoms with E-state index in [2.05, 4.69) is 10.3 Å². The summed E-state index contributed by atoms with van der Waals surface area (Å²) in [6, 6.07) is 9.85. The fourth-order valence-electron chi connectivity index (χ4n) is 1.36. The van der Waals surface area contributed by atoms with Gasteiger partial charge in [-0.1, -0.05) is 30.3 Å². The molecule has 0 aliphatic heterocycles. The molecule has 0 aliphatic rings. The van der Waals surface area contributed by atoms with Crippen LogP contribution in [0.3, 0.4) is 0 Å². The maximum absolute atomic E-state index is 5.87. The van der Waals surface area contributed by atoms with Crippen LogP contribution in [-0.2, 0) is 0 Å². The summed E-state index contributed by atoms with van der Waals surface area (Å²) in [7, 11) is 0. The van der Waals surface area contributed by atoms with Gasteiger partial charge in [0.15, 0.2) is 0 Å². The highest BCUT2D eigenvalue weighted by molar-refractivity contribution is 5.30. The van der Waals surface area contributed by atoms with E-state index in [1.165, 1.54) is 0 Å². The molecular weight excluding hydrogens is 188 g/mol. The second-order valence-electron chi connectivity index (χ2n) is 3.44. The van der Waals surface area contributed by atoms with Crippen molar-refractivity contribution in [2.45, 2.75) is 19.4 Å². The summed E-state index contributed by atoms with van der Waals surface area (Å²) < 4.78 is 1.74. The summed E-state index contributed by atoms with van der Waals surface area (Å²) in [6.07, 6.45) is 2.75. The van der Waals surface area contributed by atoms with Crippen LogP contribution in [0.15, 0.2) is 36.5 Å². The normalized spacial score (nSPS) is 12.7. The lowest BCUT2D eigenvalue weighted by molar-refractivity contribution is 0.670. The number of rotatable bonds is 3. The fourth-order valence-corrected chi connectivity index (χ4v) is 1.36. The summed E-state index contributed by atoms with van der Waals surface area (Å²) in [5.74, 6) is 0. The van der Waals surface area contributed by atoms with Crippen molar-refractivity contribution in [3.8, 4) is 5.69 Å². The minimum atomic E-state index is -0.0255. The van der Waals surface area contributed by atoms with Crippen LogP contribution in [0.5, 0.6) is 0 Å². The van der Waals surface area contributed by atoms with Gasteiger partial charge >= 0.3 is 0 Å². The van der Waals surface area contributed by atoms with Gasteiger partial charge in [-0.25, -0.2) is 4.68 Å². The van der Waals surface area contributed by atoms with E-state index in [-0.39, 0.29) is 6.04 Å². The Labute approximate surface area is 88.7 Å². The molecule has 0 radical (unpaired) electrons. The Morgan fingerprint density at radius 3 is 2.73 bits per heavy atom. The van der Waals surface area contributed by atoms with E-state index in [1.54, 1.807) is 4.68 Å². The van der Waals surface area contributed by atoms with Gasteiger partial charge in [-0.2, -0.15) is 0 Å². The summed E-state index contributed by atoms with van der Waals surface area (Å²) in [6.45, 7) is 2.03. The lowest BCUT2D eigenvalue weighted by Crippen LogP contribution is -2.08. The maximum Gasteiger partial charge on any atom is 0.0998 e. The SMILES string of the molecule is CCC(N)c1cn(-c2ccccc2)nn1. The van der Waals surface area contributed by atoms with Crippen LogP contribution in [0.2, 0.25) is 0 Å². The Kier molecular flexibility index (Phi) is 2.78. The molecule has 0 saturated heterocycles. The number of nitrogens with two attached hydrogens (primary N) is 1. The lowest BCUT2D eigenvalue weighted by atomic mass is 10.2. The third-order valence-electron chi connectivity index (χ3n) is 2.35. The van der Waals surface area contributed by atoms with Crippen molar-refractivity contribution in [3.05, 3.63) is 42.2 Å². The van der Waals surface area contributed by atoms with Gasteiger partial charge in [-0.3, -0.25) is 0 Å². The predicted molar refractivity (Wildman–Crippen MR) is 58.6 cm³/mol. The van der Waals surface area contributed by atoms with Gasteiger partial charge in [0.1, 0.15) is 0 Å². The molecule has 1 unspecified atom stereocenters. The molecule has 0 bridgehead atoms. The monoisotopic (exact) mass is 202 g/mol. The van der Waals surface area contributed by atoms with E-state index in [0.29, 0.717) is 0 Å². The van der Waals surface area contributed by atoms with Crippen molar-refractivity contribution in [1.29, 1.82) is 0 Å². The first-order valence-electron chi connectivity index (χ1n) is 5.04. The minimum Gasteiger partial charge on any atom is -0.323 e. The van der Waals surface area contributed by atoms with Gasteiger partial charge in [-0.15, -0.1) is 5.10 Å². The number of nitrogens with zero attached hydrogens (tertiary/aromatic N) is 3. The average molecular weight is 202 g/mol. The van der Waals surface area contributed by atoms with Gasteiger partial charge in [-0.05, 0) is 18.6 Å². The standard InChI is InChI=1S/C11H14N4/c1-2-10(12)11-8-15(14-13-11)9-6-4-3-5-7-9/h3-8,10H,2,12H2,1H3. The smallest absolute Gasteiger partial charge is 0.0998 e. The van der Waals surface area contributed by atoms with E-state index in [4.69, 9.17) is 5.73 Å². The zero-order chi connectivity index (χ0) is 10.7. The van der Waals surface area contributed by atoms with Crippen molar-refractivity contribution in [2.24, 2.45) is 5.73 Å². The zero-order valence-corrected chi connectivity index (χ0v) is 8.67. The molecular formula is C11H14N4. The molecule has 1 atom stereocenters. The molecule has 1 aromatic heterocycles. The van der Waals surface area contributed by atoms with Gasteiger partial charge in [0.05, 0.1) is 23.6 Å². The van der Waals surface area contributed by atoms with Gasteiger partial charge in [0, 0.05) is 0 Å². The first kappa shape index (κ1) is 9.86. The zero-order valence-electron chi connectivity index (χ0n) is 8.67. The number of hydrogen-bond acceptors (Lipinski definition) is 3. The predicted octanol–water partition coefficient (Wildman–Crippen LogP) is 1.68. The third-order valence-corrected chi connectivity index (χ3v) is 2.35. The topological polar surface area (TPSA) is 56.7 Å². The van der Waals surface area contributed by atoms with Crippen LogP contribution >= 0.6 is 0 Å². The number of hydrogen-bond donors (Lipinski definition) is 1. The van der Waals surface area contributed by atoms with Crippen LogP contribution in [0, 0.1) is 0 Å². The largest absolute Gasteiger partial charge is 0.323 e. The first-order chi connectivity index (χ1) is 7.31. The molecule has 2 rings (SSSR count). The first-order valence-corrected chi connectivity index (χ1v) is 5.04. The van der Waals surface area contributed by atoms with Gasteiger partial charge < -0.3 is 5.73 Å². The van der Waals surface area contributed by atoms with Crippen molar-refractivity contribution < 1.29 is 0 Å². The fraction of sp³-hybridized carbons (Fsp3) is 0.273. The van der Waals surface area contributed by atoms with Crippen LogP contribution in [0.25, 0.3) is 5.69 Å².